The zero-order valence-corrected chi connectivity index (χ0v) is 19.6. The van der Waals surface area contributed by atoms with E-state index in [0.717, 1.165) is 12.0 Å². The molecule has 3 rings (SSSR count). The zero-order chi connectivity index (χ0) is 22.9. The third kappa shape index (κ3) is 6.96. The second-order valence-corrected chi connectivity index (χ2v) is 9.15. The van der Waals surface area contributed by atoms with Crippen LogP contribution in [0, 0.1) is 0 Å². The number of carbonyl (C=O) groups excluding carboxylic acids is 4. The predicted molar refractivity (Wildman–Crippen MR) is 127 cm³/mol. The molecule has 1 aliphatic rings. The van der Waals surface area contributed by atoms with Crippen molar-refractivity contribution >= 4 is 46.2 Å². The van der Waals surface area contributed by atoms with Gasteiger partial charge in [0.05, 0.1) is 3.92 Å². The number of ether oxygens (including phenoxy) is 1. The van der Waals surface area contributed by atoms with Gasteiger partial charge in [-0.2, -0.15) is 0 Å². The molecule has 1 amide bonds. The lowest BCUT2D eigenvalue weighted by molar-refractivity contribution is -0.165. The maximum absolute atomic E-state index is 12.7. The number of carbonyl (C=O) groups is 4. The summed E-state index contributed by atoms with van der Waals surface area (Å²) in [5, 5.41) is 5.91. The Morgan fingerprint density at radius 2 is 1.69 bits per heavy atom. The molecule has 1 fully saturated rings. The maximum Gasteiger partial charge on any atom is 0.383 e. The summed E-state index contributed by atoms with van der Waals surface area (Å²) in [4.78, 5) is 49.5. The van der Waals surface area contributed by atoms with Gasteiger partial charge in [-0.3, -0.25) is 9.59 Å². The van der Waals surface area contributed by atoms with Crippen LogP contribution >= 0.6 is 22.6 Å². The van der Waals surface area contributed by atoms with Gasteiger partial charge in [0.2, 0.25) is 0 Å². The van der Waals surface area contributed by atoms with E-state index in [1.165, 1.54) is 0 Å². The van der Waals surface area contributed by atoms with E-state index >= 15 is 0 Å². The highest BCUT2D eigenvalue weighted by molar-refractivity contribution is 14.1. The van der Waals surface area contributed by atoms with Gasteiger partial charge in [-0.25, -0.2) is 9.59 Å². The lowest BCUT2D eigenvalue weighted by atomic mass is 10.00. The lowest BCUT2D eigenvalue weighted by Gasteiger charge is -2.21. The van der Waals surface area contributed by atoms with Crippen molar-refractivity contribution in [1.29, 1.82) is 0 Å². The van der Waals surface area contributed by atoms with Crippen LogP contribution in [0.2, 0.25) is 0 Å². The van der Waals surface area contributed by atoms with Gasteiger partial charge < -0.3 is 15.4 Å². The summed E-state index contributed by atoms with van der Waals surface area (Å²) in [7, 11) is 0. The van der Waals surface area contributed by atoms with Gasteiger partial charge >= 0.3 is 11.9 Å². The quantitative estimate of drug-likeness (QED) is 0.164. The minimum atomic E-state index is -1.16. The van der Waals surface area contributed by atoms with E-state index < -0.39 is 33.7 Å². The molecule has 168 valence electrons. The van der Waals surface area contributed by atoms with Crippen LogP contribution in [0.1, 0.15) is 35.2 Å². The van der Waals surface area contributed by atoms with E-state index in [1.54, 1.807) is 24.3 Å². The minimum Gasteiger partial charge on any atom is -0.386 e. The Labute approximate surface area is 200 Å². The number of hydrogen-bond donors (Lipinski definition) is 2. The molecule has 0 radical (unpaired) electrons. The molecule has 1 heterocycles. The molecule has 8 heteroatoms. The van der Waals surface area contributed by atoms with Crippen LogP contribution in [0.4, 0.5) is 0 Å². The highest BCUT2D eigenvalue weighted by atomic mass is 127. The first-order chi connectivity index (χ1) is 15.4. The van der Waals surface area contributed by atoms with Gasteiger partial charge in [0.1, 0.15) is 6.04 Å². The first kappa shape index (κ1) is 24.1. The van der Waals surface area contributed by atoms with Gasteiger partial charge in [0, 0.05) is 11.6 Å². The minimum absolute atomic E-state index is 0.220. The molecule has 2 aromatic rings. The molecule has 1 aliphatic heterocycles. The summed E-state index contributed by atoms with van der Waals surface area (Å²) < 4.78 is 4.03. The Balaban J connectivity index is 1.64. The Morgan fingerprint density at radius 1 is 1.03 bits per heavy atom. The highest BCUT2D eigenvalue weighted by Crippen LogP contribution is 2.17. The first-order valence-electron chi connectivity index (χ1n) is 10.5. The molecule has 32 heavy (non-hydrogen) atoms. The van der Waals surface area contributed by atoms with Gasteiger partial charge in [-0.05, 0) is 49.9 Å². The Kier molecular flexibility index (Phi) is 8.92. The van der Waals surface area contributed by atoms with E-state index in [2.05, 4.69) is 10.6 Å². The molecule has 2 aromatic carbocycles. The molecule has 1 saturated heterocycles. The van der Waals surface area contributed by atoms with E-state index in [4.69, 9.17) is 4.74 Å². The van der Waals surface area contributed by atoms with Crippen molar-refractivity contribution in [1.82, 2.24) is 10.6 Å². The van der Waals surface area contributed by atoms with Crippen molar-refractivity contribution in [3.63, 3.8) is 0 Å². The van der Waals surface area contributed by atoms with E-state index in [0.29, 0.717) is 24.9 Å². The molecule has 0 spiro atoms. The predicted octanol–water partition coefficient (Wildman–Crippen LogP) is 2.61. The number of halogens is 1. The van der Waals surface area contributed by atoms with Crippen molar-refractivity contribution in [2.24, 2.45) is 0 Å². The third-order valence-electron chi connectivity index (χ3n) is 5.21. The fourth-order valence-corrected chi connectivity index (χ4v) is 4.40. The number of hydrogen-bond acceptors (Lipinski definition) is 6. The average Bonchev–Trinajstić information content (AvgIpc) is 3.35. The molecule has 3 atom stereocenters. The lowest BCUT2D eigenvalue weighted by Crippen LogP contribution is -2.41. The summed E-state index contributed by atoms with van der Waals surface area (Å²) in [5.74, 6) is -2.92. The largest absolute Gasteiger partial charge is 0.386 e. The van der Waals surface area contributed by atoms with Crippen molar-refractivity contribution in [3.05, 3.63) is 71.8 Å². The second-order valence-electron chi connectivity index (χ2n) is 7.65. The van der Waals surface area contributed by atoms with Crippen LogP contribution in [0.5, 0.6) is 0 Å². The smallest absolute Gasteiger partial charge is 0.383 e. The van der Waals surface area contributed by atoms with Crippen molar-refractivity contribution in [3.8, 4) is 0 Å². The standard InChI is InChI=1S/C24H25IN2O5/c25-19(21(28)24(31)32-23(30)20-12-7-13-26-20)15-18(14-16-8-3-1-4-9-16)27-22(29)17-10-5-2-6-11-17/h1-6,8-11,18-20,26H,7,12-15H2,(H,27,29)/t18?,19?,20-/m0/s1. The average molecular weight is 548 g/mol. The van der Waals surface area contributed by atoms with Crippen molar-refractivity contribution < 1.29 is 23.9 Å². The molecular weight excluding hydrogens is 523 g/mol. The van der Waals surface area contributed by atoms with E-state index in [1.807, 2.05) is 59.0 Å². The molecule has 0 aliphatic carbocycles. The summed E-state index contributed by atoms with van der Waals surface area (Å²) in [6, 6.07) is 17.4. The monoisotopic (exact) mass is 548 g/mol. The summed E-state index contributed by atoms with van der Waals surface area (Å²) in [6.45, 7) is 0.680. The van der Waals surface area contributed by atoms with Crippen LogP contribution in [-0.2, 0) is 25.5 Å². The molecular formula is C24H25IN2O5. The highest BCUT2D eigenvalue weighted by Gasteiger charge is 2.32. The fraction of sp³-hybridized carbons (Fsp3) is 0.333. The van der Waals surface area contributed by atoms with Crippen molar-refractivity contribution in [2.75, 3.05) is 6.54 Å². The van der Waals surface area contributed by atoms with Gasteiger partial charge in [0.15, 0.2) is 0 Å². The Bertz CT molecular complexity index is 945. The van der Waals surface area contributed by atoms with Crippen LogP contribution < -0.4 is 10.6 Å². The molecule has 0 bridgehead atoms. The number of nitrogens with one attached hydrogen (secondary N) is 2. The molecule has 0 saturated carbocycles. The SMILES string of the molecule is O=C(OC(=O)[C@@H]1CCCN1)C(=O)C(I)CC(Cc1ccccc1)NC(=O)c1ccccc1. The second kappa shape index (κ2) is 11.9. The fourth-order valence-electron chi connectivity index (χ4n) is 3.53. The van der Waals surface area contributed by atoms with Gasteiger partial charge in [0.25, 0.3) is 11.7 Å². The van der Waals surface area contributed by atoms with Gasteiger partial charge in [-0.15, -0.1) is 0 Å². The summed E-state index contributed by atoms with van der Waals surface area (Å²) in [5.41, 5.74) is 1.50. The molecule has 2 N–H and O–H groups in total. The number of Topliss-reactive ketones (excluding diaryl/α,β-unsaturated/α-hetero) is 1. The first-order valence-corrected chi connectivity index (χ1v) is 11.8. The number of amides is 1. The number of rotatable bonds is 9. The van der Waals surface area contributed by atoms with E-state index in [-0.39, 0.29) is 12.3 Å². The molecule has 2 unspecified atom stereocenters. The van der Waals surface area contributed by atoms with Crippen LogP contribution in [0.15, 0.2) is 60.7 Å². The molecule has 0 aromatic heterocycles. The van der Waals surface area contributed by atoms with Crippen molar-refractivity contribution in [2.45, 2.75) is 41.7 Å². The Hall–Kier alpha value is -2.59. The Morgan fingerprint density at radius 3 is 2.31 bits per heavy atom. The number of benzene rings is 2. The third-order valence-corrected chi connectivity index (χ3v) is 6.29. The zero-order valence-electron chi connectivity index (χ0n) is 17.5. The summed E-state index contributed by atoms with van der Waals surface area (Å²) >= 11 is 1.87. The number of ketones is 1. The van der Waals surface area contributed by atoms with Crippen LogP contribution in [-0.4, -0.2) is 46.2 Å². The number of alkyl halides is 1. The normalized spacial score (nSPS) is 17.2. The maximum atomic E-state index is 12.7. The van der Waals surface area contributed by atoms with Gasteiger partial charge in [-0.1, -0.05) is 71.1 Å². The van der Waals surface area contributed by atoms with Crippen LogP contribution in [0.3, 0.4) is 0 Å². The van der Waals surface area contributed by atoms with E-state index in [9.17, 15) is 19.2 Å². The topological polar surface area (TPSA) is 102 Å². The summed E-state index contributed by atoms with van der Waals surface area (Å²) in [6.07, 6.45) is 2.11. The van der Waals surface area contributed by atoms with Crippen LogP contribution in [0.25, 0.3) is 0 Å². The number of esters is 2. The molecule has 7 nitrogen and oxygen atoms in total.